The molecule has 0 unspecified atom stereocenters. The lowest BCUT2D eigenvalue weighted by Gasteiger charge is -2.06. The summed E-state index contributed by atoms with van der Waals surface area (Å²) in [6, 6.07) is 24.0. The Morgan fingerprint density at radius 2 is 1.52 bits per heavy atom. The molecule has 0 radical (unpaired) electrons. The summed E-state index contributed by atoms with van der Waals surface area (Å²) in [4.78, 5) is 4.35. The second-order valence-corrected chi connectivity index (χ2v) is 5.52. The van der Waals surface area contributed by atoms with Gasteiger partial charge in [-0.25, -0.2) is 4.98 Å². The van der Waals surface area contributed by atoms with Gasteiger partial charge in [0, 0.05) is 11.1 Å². The fraction of sp³-hybridized carbons (Fsp3) is 0. The third kappa shape index (κ3) is 3.38. The summed E-state index contributed by atoms with van der Waals surface area (Å²) < 4.78 is 11.7. The summed E-state index contributed by atoms with van der Waals surface area (Å²) in [5.74, 6) is 2.87. The van der Waals surface area contributed by atoms with E-state index in [2.05, 4.69) is 4.98 Å². The number of rotatable bonds is 4. The fourth-order valence-corrected chi connectivity index (χ4v) is 2.48. The lowest BCUT2D eigenvalue weighted by atomic mass is 10.2. The summed E-state index contributed by atoms with van der Waals surface area (Å²) in [6.07, 6.45) is 1.67. The quantitative estimate of drug-likeness (QED) is 0.536. The summed E-state index contributed by atoms with van der Waals surface area (Å²) in [5, 5.41) is 9.38. The average Bonchev–Trinajstić information content (AvgIpc) is 3.14. The Balaban J connectivity index is 1.60. The molecule has 0 atom stereocenters. The van der Waals surface area contributed by atoms with Gasteiger partial charge in [-0.15, -0.1) is 0 Å². The van der Waals surface area contributed by atoms with E-state index in [1.165, 1.54) is 0 Å². The van der Waals surface area contributed by atoms with Gasteiger partial charge >= 0.3 is 0 Å². The molecule has 0 amide bonds. The Morgan fingerprint density at radius 1 is 0.760 bits per heavy atom. The molecular formula is C21H15NO3. The zero-order valence-corrected chi connectivity index (χ0v) is 13.3. The molecule has 0 saturated carbocycles. The fourth-order valence-electron chi connectivity index (χ4n) is 2.48. The van der Waals surface area contributed by atoms with Gasteiger partial charge in [0.15, 0.2) is 5.76 Å². The van der Waals surface area contributed by atoms with Gasteiger partial charge in [-0.1, -0.05) is 24.3 Å². The van der Waals surface area contributed by atoms with Gasteiger partial charge in [0.05, 0.1) is 6.20 Å². The Morgan fingerprint density at radius 3 is 2.32 bits per heavy atom. The molecule has 4 heteroatoms. The molecule has 4 rings (SSSR count). The summed E-state index contributed by atoms with van der Waals surface area (Å²) in [6.45, 7) is 0. The van der Waals surface area contributed by atoms with E-state index in [-0.39, 0.29) is 5.75 Å². The lowest BCUT2D eigenvalue weighted by Crippen LogP contribution is -1.84. The van der Waals surface area contributed by atoms with Crippen molar-refractivity contribution in [3.05, 3.63) is 85.1 Å². The number of para-hydroxylation sites is 1. The van der Waals surface area contributed by atoms with Crippen molar-refractivity contribution in [2.45, 2.75) is 0 Å². The molecular weight excluding hydrogens is 314 g/mol. The van der Waals surface area contributed by atoms with E-state index in [4.69, 9.17) is 9.15 Å². The summed E-state index contributed by atoms with van der Waals surface area (Å²) >= 11 is 0. The molecule has 0 aliphatic rings. The molecule has 25 heavy (non-hydrogen) atoms. The number of aromatic hydroxyl groups is 1. The third-order valence-corrected chi connectivity index (χ3v) is 3.72. The molecule has 1 N–H and O–H groups in total. The van der Waals surface area contributed by atoms with Gasteiger partial charge in [0.2, 0.25) is 5.89 Å². The summed E-state index contributed by atoms with van der Waals surface area (Å²) in [7, 11) is 0. The number of oxazole rings is 1. The maximum atomic E-state index is 9.38. The van der Waals surface area contributed by atoms with E-state index in [1.54, 1.807) is 30.5 Å². The second kappa shape index (κ2) is 6.53. The Bertz CT molecular complexity index is 975. The first kappa shape index (κ1) is 15.0. The molecule has 1 aromatic heterocycles. The highest BCUT2D eigenvalue weighted by atomic mass is 16.5. The van der Waals surface area contributed by atoms with E-state index in [1.807, 2.05) is 54.6 Å². The topological polar surface area (TPSA) is 55.5 Å². The van der Waals surface area contributed by atoms with E-state index < -0.39 is 0 Å². The maximum Gasteiger partial charge on any atom is 0.226 e. The van der Waals surface area contributed by atoms with E-state index in [0.717, 1.165) is 16.9 Å². The van der Waals surface area contributed by atoms with Crippen LogP contribution in [0.4, 0.5) is 0 Å². The highest BCUT2D eigenvalue weighted by Crippen LogP contribution is 2.30. The largest absolute Gasteiger partial charge is 0.508 e. The van der Waals surface area contributed by atoms with Gasteiger partial charge in [-0.2, -0.15) is 0 Å². The number of phenolic OH excluding ortho intramolecular Hbond substituents is 1. The zero-order valence-electron chi connectivity index (χ0n) is 13.3. The predicted octanol–water partition coefficient (Wildman–Crippen LogP) is 5.51. The number of hydrogen-bond acceptors (Lipinski definition) is 4. The number of aromatic nitrogens is 1. The van der Waals surface area contributed by atoms with Crippen molar-refractivity contribution in [3.8, 4) is 40.0 Å². The van der Waals surface area contributed by atoms with Crippen molar-refractivity contribution >= 4 is 0 Å². The molecule has 0 bridgehead atoms. The molecule has 4 nitrogen and oxygen atoms in total. The third-order valence-electron chi connectivity index (χ3n) is 3.72. The molecule has 0 aliphatic heterocycles. The van der Waals surface area contributed by atoms with Crippen LogP contribution in [0.25, 0.3) is 22.8 Å². The number of hydrogen-bond donors (Lipinski definition) is 1. The van der Waals surface area contributed by atoms with Crippen LogP contribution in [-0.2, 0) is 0 Å². The van der Waals surface area contributed by atoms with Crippen LogP contribution in [0.15, 0.2) is 89.5 Å². The first-order valence-corrected chi connectivity index (χ1v) is 7.86. The number of ether oxygens (including phenoxy) is 1. The van der Waals surface area contributed by atoms with Crippen LogP contribution in [0.2, 0.25) is 0 Å². The second-order valence-electron chi connectivity index (χ2n) is 5.52. The van der Waals surface area contributed by atoms with Crippen LogP contribution in [0.1, 0.15) is 0 Å². The Hall–Kier alpha value is -3.53. The first-order valence-electron chi connectivity index (χ1n) is 7.86. The maximum absolute atomic E-state index is 9.38. The number of phenols is 1. The minimum Gasteiger partial charge on any atom is -0.508 e. The van der Waals surface area contributed by atoms with Crippen LogP contribution in [0.3, 0.4) is 0 Å². The molecule has 0 aliphatic carbocycles. The summed E-state index contributed by atoms with van der Waals surface area (Å²) in [5.41, 5.74) is 1.69. The lowest BCUT2D eigenvalue weighted by molar-refractivity contribution is 0.475. The van der Waals surface area contributed by atoms with Crippen LogP contribution >= 0.6 is 0 Å². The minimum atomic E-state index is 0.217. The first-order chi connectivity index (χ1) is 12.3. The number of benzene rings is 3. The van der Waals surface area contributed by atoms with Crippen molar-refractivity contribution in [2.24, 2.45) is 0 Å². The Kier molecular flexibility index (Phi) is 3.92. The van der Waals surface area contributed by atoms with Gasteiger partial charge in [0.25, 0.3) is 0 Å². The molecule has 3 aromatic carbocycles. The molecule has 0 saturated heterocycles. The zero-order chi connectivity index (χ0) is 17.1. The van der Waals surface area contributed by atoms with Crippen LogP contribution in [0, 0.1) is 0 Å². The van der Waals surface area contributed by atoms with Crippen molar-refractivity contribution in [3.63, 3.8) is 0 Å². The van der Waals surface area contributed by atoms with Gasteiger partial charge < -0.3 is 14.3 Å². The average molecular weight is 329 g/mol. The smallest absolute Gasteiger partial charge is 0.226 e. The van der Waals surface area contributed by atoms with Crippen LogP contribution < -0.4 is 4.74 Å². The highest BCUT2D eigenvalue weighted by Gasteiger charge is 2.10. The normalized spacial score (nSPS) is 10.6. The minimum absolute atomic E-state index is 0.217. The van der Waals surface area contributed by atoms with Crippen LogP contribution in [0.5, 0.6) is 17.2 Å². The number of nitrogens with zero attached hydrogens (tertiary/aromatic N) is 1. The molecule has 0 fully saturated rings. The van der Waals surface area contributed by atoms with Crippen molar-refractivity contribution in [1.82, 2.24) is 4.98 Å². The van der Waals surface area contributed by atoms with Gasteiger partial charge in [-0.05, 0) is 54.6 Å². The molecule has 4 aromatic rings. The Labute approximate surface area is 145 Å². The van der Waals surface area contributed by atoms with Gasteiger partial charge in [0.1, 0.15) is 17.2 Å². The SMILES string of the molecule is Oc1ccc(-c2cnc(-c3cccc(Oc4ccccc4)c3)o2)cc1. The van der Waals surface area contributed by atoms with Crippen molar-refractivity contribution < 1.29 is 14.3 Å². The standard InChI is InChI=1S/C21H15NO3/c23-17-11-9-15(10-12-17)20-14-22-21(25-20)16-5-4-8-19(13-16)24-18-6-2-1-3-7-18/h1-14,23H. The van der Waals surface area contributed by atoms with E-state index in [0.29, 0.717) is 17.4 Å². The van der Waals surface area contributed by atoms with Gasteiger partial charge in [-0.3, -0.25) is 0 Å². The van der Waals surface area contributed by atoms with Crippen molar-refractivity contribution in [1.29, 1.82) is 0 Å². The highest BCUT2D eigenvalue weighted by molar-refractivity contribution is 5.62. The van der Waals surface area contributed by atoms with E-state index >= 15 is 0 Å². The van der Waals surface area contributed by atoms with Crippen LogP contribution in [-0.4, -0.2) is 10.1 Å². The van der Waals surface area contributed by atoms with Crippen molar-refractivity contribution in [2.75, 3.05) is 0 Å². The van der Waals surface area contributed by atoms with E-state index in [9.17, 15) is 5.11 Å². The monoisotopic (exact) mass is 329 g/mol. The predicted molar refractivity (Wildman–Crippen MR) is 95.6 cm³/mol. The molecule has 1 heterocycles. The molecule has 122 valence electrons. The molecule has 0 spiro atoms.